The normalized spacial score (nSPS) is 28.4. The first-order valence-corrected chi connectivity index (χ1v) is 8.52. The Labute approximate surface area is 145 Å². The molecule has 0 bridgehead atoms. The Bertz CT molecular complexity index is 647. The third kappa shape index (κ3) is 4.49. The molecular weight excluding hydrogens is 326 g/mol. The summed E-state index contributed by atoms with van der Waals surface area (Å²) in [4.78, 5) is 24.0. The van der Waals surface area contributed by atoms with Crippen LogP contribution in [0.3, 0.4) is 0 Å². The minimum absolute atomic E-state index is 0.0285. The number of nitrogen functional groups attached to an aromatic ring is 1. The van der Waals surface area contributed by atoms with E-state index in [1.807, 2.05) is 6.92 Å². The van der Waals surface area contributed by atoms with E-state index in [1.165, 1.54) is 4.68 Å². The number of hydrogen-bond donors (Lipinski definition) is 4. The molecule has 9 heteroatoms. The van der Waals surface area contributed by atoms with Gasteiger partial charge in [-0.2, -0.15) is 5.10 Å². The van der Waals surface area contributed by atoms with Crippen LogP contribution in [0.2, 0.25) is 0 Å². The van der Waals surface area contributed by atoms with Gasteiger partial charge in [-0.15, -0.1) is 0 Å². The molecule has 1 saturated carbocycles. The summed E-state index contributed by atoms with van der Waals surface area (Å²) < 4.78 is 6.60. The number of hydrogen-bond acceptors (Lipinski definition) is 6. The number of nitrogens with two attached hydrogens (primary N) is 1. The van der Waals surface area contributed by atoms with E-state index in [9.17, 15) is 14.7 Å². The molecule has 25 heavy (non-hydrogen) atoms. The Hall–Kier alpha value is -2.13. The second-order valence-corrected chi connectivity index (χ2v) is 7.07. The van der Waals surface area contributed by atoms with E-state index in [1.54, 1.807) is 6.07 Å². The molecule has 2 amide bonds. The Balaban J connectivity index is 1.35. The highest BCUT2D eigenvalue weighted by molar-refractivity contribution is 5.78. The van der Waals surface area contributed by atoms with Gasteiger partial charge in [0.2, 0.25) is 11.8 Å². The van der Waals surface area contributed by atoms with Gasteiger partial charge in [-0.05, 0) is 19.8 Å². The van der Waals surface area contributed by atoms with Crippen molar-refractivity contribution >= 4 is 17.6 Å². The zero-order chi connectivity index (χ0) is 18.0. The van der Waals surface area contributed by atoms with Crippen LogP contribution in [-0.4, -0.2) is 57.6 Å². The third-order valence-corrected chi connectivity index (χ3v) is 4.67. The van der Waals surface area contributed by atoms with Crippen LogP contribution in [0.1, 0.15) is 31.4 Å². The first-order valence-electron chi connectivity index (χ1n) is 8.52. The molecule has 2 fully saturated rings. The molecule has 1 aromatic rings. The van der Waals surface area contributed by atoms with Gasteiger partial charge in [0.15, 0.2) is 0 Å². The van der Waals surface area contributed by atoms with Crippen molar-refractivity contribution in [2.45, 2.75) is 56.8 Å². The largest absolute Gasteiger partial charge is 0.387 e. The lowest BCUT2D eigenvalue weighted by Crippen LogP contribution is -2.55. The SMILES string of the molecule is Cc1cc(N)n(CC(=O)NC2CC(NC(=O)CC3(O)CCOC3)C2)n1. The van der Waals surface area contributed by atoms with E-state index in [0.29, 0.717) is 31.7 Å². The average Bonchev–Trinajstić information content (AvgIpc) is 3.02. The van der Waals surface area contributed by atoms with Gasteiger partial charge in [0.1, 0.15) is 12.4 Å². The Morgan fingerprint density at radius 3 is 2.64 bits per heavy atom. The van der Waals surface area contributed by atoms with E-state index in [2.05, 4.69) is 15.7 Å². The van der Waals surface area contributed by atoms with Gasteiger partial charge in [0.25, 0.3) is 0 Å². The lowest BCUT2D eigenvalue weighted by molar-refractivity contribution is -0.127. The second kappa shape index (κ2) is 7.01. The van der Waals surface area contributed by atoms with Crippen LogP contribution in [-0.2, 0) is 20.9 Å². The lowest BCUT2D eigenvalue weighted by Gasteiger charge is -2.36. The number of aromatic nitrogens is 2. The maximum absolute atomic E-state index is 12.0. The molecule has 138 valence electrons. The fourth-order valence-corrected chi connectivity index (χ4v) is 3.27. The van der Waals surface area contributed by atoms with Crippen LogP contribution in [0.25, 0.3) is 0 Å². The van der Waals surface area contributed by atoms with Crippen LogP contribution in [0.4, 0.5) is 5.82 Å². The standard InChI is InChI=1S/C16H25N5O4/c1-10-4-13(17)21(20-10)8-15(23)19-12-5-11(6-12)18-14(22)7-16(24)2-3-25-9-16/h4,11-12,24H,2-3,5-9,17H2,1H3,(H,18,22)(H,19,23). The molecule has 0 aromatic carbocycles. The maximum atomic E-state index is 12.0. The molecule has 3 rings (SSSR count). The molecule has 2 heterocycles. The van der Waals surface area contributed by atoms with Crippen molar-refractivity contribution in [1.82, 2.24) is 20.4 Å². The van der Waals surface area contributed by atoms with Crippen molar-refractivity contribution in [2.24, 2.45) is 0 Å². The number of nitrogens with zero attached hydrogens (tertiary/aromatic N) is 2. The van der Waals surface area contributed by atoms with E-state index in [4.69, 9.17) is 10.5 Å². The number of anilines is 1. The smallest absolute Gasteiger partial charge is 0.242 e. The number of amides is 2. The molecule has 1 unspecified atom stereocenters. The van der Waals surface area contributed by atoms with E-state index >= 15 is 0 Å². The predicted octanol–water partition coefficient (Wildman–Crippen LogP) is -0.921. The first kappa shape index (κ1) is 17.7. The van der Waals surface area contributed by atoms with Crippen molar-refractivity contribution < 1.29 is 19.4 Å². The molecule has 0 spiro atoms. The molecule has 1 atom stereocenters. The summed E-state index contributed by atoms with van der Waals surface area (Å²) in [5.74, 6) is 0.129. The number of rotatable bonds is 6. The molecular formula is C16H25N5O4. The fraction of sp³-hybridized carbons (Fsp3) is 0.688. The van der Waals surface area contributed by atoms with Gasteiger partial charge < -0.3 is 26.2 Å². The van der Waals surface area contributed by atoms with Gasteiger partial charge in [-0.1, -0.05) is 0 Å². The maximum Gasteiger partial charge on any atom is 0.242 e. The van der Waals surface area contributed by atoms with Crippen molar-refractivity contribution in [3.05, 3.63) is 11.8 Å². The molecule has 1 saturated heterocycles. The van der Waals surface area contributed by atoms with Gasteiger partial charge >= 0.3 is 0 Å². The Kier molecular flexibility index (Phi) is 4.96. The van der Waals surface area contributed by atoms with Gasteiger partial charge in [-0.3, -0.25) is 9.59 Å². The summed E-state index contributed by atoms with van der Waals surface area (Å²) in [5.41, 5.74) is 5.50. The number of ether oxygens (including phenoxy) is 1. The van der Waals surface area contributed by atoms with Crippen molar-refractivity contribution in [1.29, 1.82) is 0 Å². The monoisotopic (exact) mass is 351 g/mol. The molecule has 2 aliphatic rings. The zero-order valence-electron chi connectivity index (χ0n) is 14.3. The Morgan fingerprint density at radius 2 is 2.08 bits per heavy atom. The molecule has 0 radical (unpaired) electrons. The van der Waals surface area contributed by atoms with Crippen LogP contribution < -0.4 is 16.4 Å². The summed E-state index contributed by atoms with van der Waals surface area (Å²) >= 11 is 0. The van der Waals surface area contributed by atoms with Crippen LogP contribution in [0, 0.1) is 6.92 Å². The number of nitrogens with one attached hydrogen (secondary N) is 2. The molecule has 1 aromatic heterocycles. The summed E-state index contributed by atoms with van der Waals surface area (Å²) in [7, 11) is 0. The van der Waals surface area contributed by atoms with Crippen molar-refractivity contribution in [2.75, 3.05) is 18.9 Å². The fourth-order valence-electron chi connectivity index (χ4n) is 3.27. The third-order valence-electron chi connectivity index (χ3n) is 4.67. The van der Waals surface area contributed by atoms with Gasteiger partial charge in [0.05, 0.1) is 24.3 Å². The number of aliphatic hydroxyl groups is 1. The van der Waals surface area contributed by atoms with E-state index < -0.39 is 5.60 Å². The quantitative estimate of drug-likeness (QED) is 0.524. The van der Waals surface area contributed by atoms with Crippen LogP contribution >= 0.6 is 0 Å². The topological polar surface area (TPSA) is 132 Å². The molecule has 5 N–H and O–H groups in total. The molecule has 1 aliphatic carbocycles. The predicted molar refractivity (Wildman–Crippen MR) is 89.5 cm³/mol. The first-order chi connectivity index (χ1) is 11.8. The summed E-state index contributed by atoms with van der Waals surface area (Å²) in [6.07, 6.45) is 1.90. The average molecular weight is 351 g/mol. The Morgan fingerprint density at radius 1 is 1.40 bits per heavy atom. The zero-order valence-corrected chi connectivity index (χ0v) is 14.3. The number of carbonyl (C=O) groups excluding carboxylic acids is 2. The minimum atomic E-state index is -1.04. The second-order valence-electron chi connectivity index (χ2n) is 7.07. The number of carbonyl (C=O) groups is 2. The number of aryl methyl sites for hydroxylation is 1. The van der Waals surface area contributed by atoms with E-state index in [0.717, 1.165) is 5.69 Å². The highest BCUT2D eigenvalue weighted by atomic mass is 16.5. The highest BCUT2D eigenvalue weighted by Crippen LogP contribution is 2.24. The van der Waals surface area contributed by atoms with Gasteiger partial charge in [-0.25, -0.2) is 4.68 Å². The van der Waals surface area contributed by atoms with E-state index in [-0.39, 0.29) is 43.5 Å². The van der Waals surface area contributed by atoms with Gasteiger partial charge in [0, 0.05) is 31.2 Å². The molecule has 1 aliphatic heterocycles. The van der Waals surface area contributed by atoms with Crippen molar-refractivity contribution in [3.63, 3.8) is 0 Å². The van der Waals surface area contributed by atoms with Crippen LogP contribution in [0.5, 0.6) is 0 Å². The lowest BCUT2D eigenvalue weighted by atomic mass is 9.86. The minimum Gasteiger partial charge on any atom is -0.387 e. The highest BCUT2D eigenvalue weighted by Gasteiger charge is 2.37. The summed E-state index contributed by atoms with van der Waals surface area (Å²) in [5, 5.41) is 20.1. The van der Waals surface area contributed by atoms with Crippen molar-refractivity contribution in [3.8, 4) is 0 Å². The molecule has 9 nitrogen and oxygen atoms in total. The summed E-state index contributed by atoms with van der Waals surface area (Å²) in [6, 6.07) is 1.78. The summed E-state index contributed by atoms with van der Waals surface area (Å²) in [6.45, 7) is 2.60. The van der Waals surface area contributed by atoms with Crippen LogP contribution in [0.15, 0.2) is 6.07 Å².